The molecule has 0 aliphatic heterocycles. The summed E-state index contributed by atoms with van der Waals surface area (Å²) in [5, 5.41) is 0. The fourth-order valence-electron chi connectivity index (χ4n) is 1.74. The molecular weight excluding hydrogens is 290 g/mol. The SMILES string of the molecule is CCOc1ncccc1C(=O)OCc1ccoc1C(=O)OC. The number of esters is 2. The minimum atomic E-state index is -0.632. The first kappa shape index (κ1) is 15.6. The number of pyridine rings is 1. The second-order valence-corrected chi connectivity index (χ2v) is 4.13. The van der Waals surface area contributed by atoms with Gasteiger partial charge in [0.25, 0.3) is 0 Å². The van der Waals surface area contributed by atoms with Crippen molar-refractivity contribution in [2.75, 3.05) is 13.7 Å². The van der Waals surface area contributed by atoms with Crippen LogP contribution in [0.3, 0.4) is 0 Å². The van der Waals surface area contributed by atoms with E-state index in [1.54, 1.807) is 19.1 Å². The molecule has 2 aromatic heterocycles. The van der Waals surface area contributed by atoms with Gasteiger partial charge in [-0.25, -0.2) is 14.6 Å². The van der Waals surface area contributed by atoms with Crippen molar-refractivity contribution in [2.24, 2.45) is 0 Å². The average Bonchev–Trinajstić information content (AvgIpc) is 3.01. The standard InChI is InChI=1S/C15H15NO6/c1-3-20-13-11(5-4-7-16-13)14(17)22-9-10-6-8-21-12(10)15(18)19-2/h4-8H,3,9H2,1-2H3. The summed E-state index contributed by atoms with van der Waals surface area (Å²) in [6.45, 7) is 2.05. The van der Waals surface area contributed by atoms with Gasteiger partial charge in [-0.1, -0.05) is 0 Å². The highest BCUT2D eigenvalue weighted by molar-refractivity contribution is 5.92. The smallest absolute Gasteiger partial charge is 0.374 e. The van der Waals surface area contributed by atoms with E-state index in [4.69, 9.17) is 13.9 Å². The number of carbonyl (C=O) groups is 2. The molecule has 2 rings (SSSR count). The van der Waals surface area contributed by atoms with Gasteiger partial charge in [-0.05, 0) is 25.1 Å². The molecule has 0 N–H and O–H groups in total. The van der Waals surface area contributed by atoms with E-state index in [2.05, 4.69) is 9.72 Å². The van der Waals surface area contributed by atoms with Crippen molar-refractivity contribution >= 4 is 11.9 Å². The van der Waals surface area contributed by atoms with Crippen LogP contribution in [0.15, 0.2) is 35.1 Å². The van der Waals surface area contributed by atoms with Gasteiger partial charge in [0.1, 0.15) is 12.2 Å². The summed E-state index contributed by atoms with van der Waals surface area (Å²) in [5.41, 5.74) is 0.634. The van der Waals surface area contributed by atoms with Gasteiger partial charge in [-0.15, -0.1) is 0 Å². The molecule has 7 heteroatoms. The Morgan fingerprint density at radius 2 is 2.09 bits per heavy atom. The molecule has 0 radical (unpaired) electrons. The Bertz CT molecular complexity index is 664. The summed E-state index contributed by atoms with van der Waals surface area (Å²) >= 11 is 0. The zero-order chi connectivity index (χ0) is 15.9. The summed E-state index contributed by atoms with van der Waals surface area (Å²) in [7, 11) is 1.24. The number of nitrogens with zero attached hydrogens (tertiary/aromatic N) is 1. The number of hydrogen-bond donors (Lipinski definition) is 0. The minimum Gasteiger partial charge on any atom is -0.477 e. The number of carbonyl (C=O) groups excluding carboxylic acids is 2. The van der Waals surface area contributed by atoms with E-state index in [1.807, 2.05) is 0 Å². The lowest BCUT2D eigenvalue weighted by atomic mass is 10.2. The number of rotatable bonds is 6. The molecule has 7 nitrogen and oxygen atoms in total. The molecular formula is C15H15NO6. The Kier molecular flexibility index (Phi) is 5.13. The summed E-state index contributed by atoms with van der Waals surface area (Å²) in [5.74, 6) is -1.03. The summed E-state index contributed by atoms with van der Waals surface area (Å²) in [6.07, 6.45) is 2.85. The fraction of sp³-hybridized carbons (Fsp3) is 0.267. The maximum absolute atomic E-state index is 12.1. The van der Waals surface area contributed by atoms with Gasteiger partial charge in [0.15, 0.2) is 0 Å². The summed E-state index contributed by atoms with van der Waals surface area (Å²) in [4.78, 5) is 27.5. The Labute approximate surface area is 126 Å². The highest BCUT2D eigenvalue weighted by Gasteiger charge is 2.19. The highest BCUT2D eigenvalue weighted by Crippen LogP contribution is 2.18. The van der Waals surface area contributed by atoms with Crippen LogP contribution in [0.5, 0.6) is 5.88 Å². The van der Waals surface area contributed by atoms with Crippen LogP contribution in [-0.2, 0) is 16.1 Å². The lowest BCUT2D eigenvalue weighted by Crippen LogP contribution is -2.10. The Hall–Kier alpha value is -2.83. The van der Waals surface area contributed by atoms with Crippen LogP contribution in [0, 0.1) is 0 Å². The van der Waals surface area contributed by atoms with E-state index in [0.29, 0.717) is 12.2 Å². The predicted octanol–water partition coefficient (Wildman–Crippen LogP) is 2.22. The topological polar surface area (TPSA) is 87.9 Å². The number of aromatic nitrogens is 1. The van der Waals surface area contributed by atoms with Crippen LogP contribution in [0.2, 0.25) is 0 Å². The van der Waals surface area contributed by atoms with Crippen molar-refractivity contribution in [2.45, 2.75) is 13.5 Å². The molecule has 0 saturated carbocycles. The number of methoxy groups -OCH3 is 1. The molecule has 0 amide bonds. The minimum absolute atomic E-state index is 0.00604. The molecule has 0 atom stereocenters. The van der Waals surface area contributed by atoms with Gasteiger partial charge in [-0.3, -0.25) is 0 Å². The van der Waals surface area contributed by atoms with Crippen molar-refractivity contribution in [1.82, 2.24) is 4.98 Å². The first-order chi connectivity index (χ1) is 10.7. The normalized spacial score (nSPS) is 10.1. The van der Waals surface area contributed by atoms with E-state index in [1.165, 1.54) is 25.6 Å². The second-order valence-electron chi connectivity index (χ2n) is 4.13. The van der Waals surface area contributed by atoms with E-state index >= 15 is 0 Å². The molecule has 0 aliphatic carbocycles. The quantitative estimate of drug-likeness (QED) is 0.756. The Morgan fingerprint density at radius 3 is 2.82 bits per heavy atom. The molecule has 0 fully saturated rings. The van der Waals surface area contributed by atoms with Crippen molar-refractivity contribution in [3.05, 3.63) is 47.5 Å². The second kappa shape index (κ2) is 7.26. The van der Waals surface area contributed by atoms with Gasteiger partial charge < -0.3 is 18.6 Å². The van der Waals surface area contributed by atoms with Crippen molar-refractivity contribution < 1.29 is 28.2 Å². The van der Waals surface area contributed by atoms with Crippen LogP contribution < -0.4 is 4.74 Å². The fourth-order valence-corrected chi connectivity index (χ4v) is 1.74. The van der Waals surface area contributed by atoms with Crippen molar-refractivity contribution in [1.29, 1.82) is 0 Å². The highest BCUT2D eigenvalue weighted by atomic mass is 16.5. The van der Waals surface area contributed by atoms with Crippen molar-refractivity contribution in [3.63, 3.8) is 0 Å². The summed E-state index contributed by atoms with van der Waals surface area (Å²) in [6, 6.07) is 4.69. The van der Waals surface area contributed by atoms with E-state index in [9.17, 15) is 9.59 Å². The van der Waals surface area contributed by atoms with Gasteiger partial charge in [0, 0.05) is 11.8 Å². The Balaban J connectivity index is 2.08. The molecule has 2 heterocycles. The predicted molar refractivity (Wildman–Crippen MR) is 74.6 cm³/mol. The molecule has 22 heavy (non-hydrogen) atoms. The molecule has 0 spiro atoms. The lowest BCUT2D eigenvalue weighted by molar-refractivity contribution is 0.0448. The zero-order valence-electron chi connectivity index (χ0n) is 12.2. The third kappa shape index (κ3) is 3.43. The molecule has 2 aromatic rings. The molecule has 0 saturated heterocycles. The zero-order valence-corrected chi connectivity index (χ0v) is 12.2. The first-order valence-electron chi connectivity index (χ1n) is 6.57. The molecule has 0 bridgehead atoms. The number of hydrogen-bond acceptors (Lipinski definition) is 7. The van der Waals surface area contributed by atoms with E-state index in [-0.39, 0.29) is 23.8 Å². The van der Waals surface area contributed by atoms with Crippen LogP contribution in [0.4, 0.5) is 0 Å². The molecule has 0 unspecified atom stereocenters. The third-order valence-corrected chi connectivity index (χ3v) is 2.75. The van der Waals surface area contributed by atoms with Crippen molar-refractivity contribution in [3.8, 4) is 5.88 Å². The van der Waals surface area contributed by atoms with E-state index in [0.717, 1.165) is 0 Å². The monoisotopic (exact) mass is 305 g/mol. The first-order valence-corrected chi connectivity index (χ1v) is 6.57. The van der Waals surface area contributed by atoms with Gasteiger partial charge in [0.2, 0.25) is 11.6 Å². The average molecular weight is 305 g/mol. The van der Waals surface area contributed by atoms with Crippen LogP contribution in [0.25, 0.3) is 0 Å². The third-order valence-electron chi connectivity index (χ3n) is 2.75. The van der Waals surface area contributed by atoms with Gasteiger partial charge >= 0.3 is 11.9 Å². The summed E-state index contributed by atoms with van der Waals surface area (Å²) < 4.78 is 20.0. The maximum atomic E-state index is 12.1. The molecule has 116 valence electrons. The number of furan rings is 1. The van der Waals surface area contributed by atoms with Crippen LogP contribution >= 0.6 is 0 Å². The van der Waals surface area contributed by atoms with Gasteiger partial charge in [0.05, 0.1) is 20.0 Å². The van der Waals surface area contributed by atoms with Gasteiger partial charge in [-0.2, -0.15) is 0 Å². The maximum Gasteiger partial charge on any atom is 0.374 e. The Morgan fingerprint density at radius 1 is 1.27 bits per heavy atom. The van der Waals surface area contributed by atoms with Crippen LogP contribution in [0.1, 0.15) is 33.4 Å². The largest absolute Gasteiger partial charge is 0.477 e. The molecule has 0 aliphatic rings. The van der Waals surface area contributed by atoms with Crippen LogP contribution in [-0.4, -0.2) is 30.6 Å². The molecule has 0 aromatic carbocycles. The lowest BCUT2D eigenvalue weighted by Gasteiger charge is -2.08. The van der Waals surface area contributed by atoms with E-state index < -0.39 is 11.9 Å². The number of ether oxygens (including phenoxy) is 3.